The van der Waals surface area contributed by atoms with Gasteiger partial charge in [0.2, 0.25) is 5.91 Å². The molecule has 3 rings (SSSR count). The first-order chi connectivity index (χ1) is 12.5. The van der Waals surface area contributed by atoms with Crippen molar-refractivity contribution in [2.45, 2.75) is 36.2 Å². The molecule has 1 amide bonds. The van der Waals surface area contributed by atoms with Crippen molar-refractivity contribution >= 4 is 17.7 Å². The largest absolute Gasteiger partial charge is 0.497 e. The SMILES string of the molecule is COc1ccc(C2CCCN2C(=O)C(C)Sc2nncn2C)c(OC)c1. The van der Waals surface area contributed by atoms with Gasteiger partial charge in [-0.2, -0.15) is 0 Å². The third kappa shape index (κ3) is 3.65. The van der Waals surface area contributed by atoms with Crippen molar-refractivity contribution in [1.29, 1.82) is 0 Å². The number of ether oxygens (including phenoxy) is 2. The molecular weight excluding hydrogens is 352 g/mol. The fraction of sp³-hybridized carbons (Fsp3) is 0.500. The number of aryl methyl sites for hydroxylation is 1. The molecule has 2 heterocycles. The summed E-state index contributed by atoms with van der Waals surface area (Å²) in [6.07, 6.45) is 3.54. The molecule has 2 aromatic rings. The van der Waals surface area contributed by atoms with E-state index in [-0.39, 0.29) is 17.2 Å². The molecule has 140 valence electrons. The van der Waals surface area contributed by atoms with E-state index in [1.807, 2.05) is 41.6 Å². The lowest BCUT2D eigenvalue weighted by Gasteiger charge is -2.28. The topological polar surface area (TPSA) is 69.5 Å². The molecule has 8 heteroatoms. The molecule has 0 N–H and O–H groups in total. The average Bonchev–Trinajstić information content (AvgIpc) is 3.29. The summed E-state index contributed by atoms with van der Waals surface area (Å²) in [5.41, 5.74) is 1.02. The maximum absolute atomic E-state index is 13.1. The number of hydrogen-bond donors (Lipinski definition) is 0. The molecule has 2 unspecified atom stereocenters. The number of carbonyl (C=O) groups is 1. The normalized spacial score (nSPS) is 18.0. The molecule has 1 aromatic carbocycles. The minimum absolute atomic E-state index is 0.0194. The van der Waals surface area contributed by atoms with E-state index in [0.29, 0.717) is 0 Å². The van der Waals surface area contributed by atoms with E-state index in [0.717, 1.165) is 41.6 Å². The molecule has 1 fully saturated rings. The highest BCUT2D eigenvalue weighted by Crippen LogP contribution is 2.39. The van der Waals surface area contributed by atoms with Crippen LogP contribution in [0.3, 0.4) is 0 Å². The lowest BCUT2D eigenvalue weighted by atomic mass is 10.0. The monoisotopic (exact) mass is 376 g/mol. The third-order valence-electron chi connectivity index (χ3n) is 4.64. The second-order valence-corrected chi connectivity index (χ2v) is 7.59. The van der Waals surface area contributed by atoms with Crippen molar-refractivity contribution in [3.63, 3.8) is 0 Å². The maximum atomic E-state index is 13.1. The number of hydrogen-bond acceptors (Lipinski definition) is 6. The predicted molar refractivity (Wildman–Crippen MR) is 99.6 cm³/mol. The Labute approximate surface area is 157 Å². The van der Waals surface area contributed by atoms with E-state index in [2.05, 4.69) is 10.2 Å². The molecule has 1 aromatic heterocycles. The molecule has 7 nitrogen and oxygen atoms in total. The van der Waals surface area contributed by atoms with Crippen LogP contribution in [-0.2, 0) is 11.8 Å². The number of benzene rings is 1. The van der Waals surface area contributed by atoms with Crippen LogP contribution in [0.2, 0.25) is 0 Å². The average molecular weight is 376 g/mol. The number of amides is 1. The number of nitrogens with zero attached hydrogens (tertiary/aromatic N) is 4. The van der Waals surface area contributed by atoms with Gasteiger partial charge in [0, 0.05) is 25.2 Å². The number of rotatable bonds is 6. The standard InChI is InChI=1S/C18H24N4O3S/c1-12(26-18-20-19-11-21(18)2)17(23)22-9-5-6-15(22)14-8-7-13(24-3)10-16(14)25-4/h7-8,10-12,15H,5-6,9H2,1-4H3. The van der Waals surface area contributed by atoms with Gasteiger partial charge in [-0.05, 0) is 31.9 Å². The van der Waals surface area contributed by atoms with Gasteiger partial charge in [-0.1, -0.05) is 11.8 Å². The number of aromatic nitrogens is 3. The minimum Gasteiger partial charge on any atom is -0.497 e. The van der Waals surface area contributed by atoms with Crippen molar-refractivity contribution in [3.8, 4) is 11.5 Å². The fourth-order valence-corrected chi connectivity index (χ4v) is 4.13. The van der Waals surface area contributed by atoms with Gasteiger partial charge < -0.3 is 18.9 Å². The number of likely N-dealkylation sites (tertiary alicyclic amines) is 1. The molecule has 0 radical (unpaired) electrons. The van der Waals surface area contributed by atoms with Crippen LogP contribution in [0.15, 0.2) is 29.7 Å². The lowest BCUT2D eigenvalue weighted by molar-refractivity contribution is -0.131. The molecule has 0 spiro atoms. The molecule has 2 atom stereocenters. The van der Waals surface area contributed by atoms with Crippen molar-refractivity contribution in [2.24, 2.45) is 7.05 Å². The first kappa shape index (κ1) is 18.6. The summed E-state index contributed by atoms with van der Waals surface area (Å²) in [4.78, 5) is 15.0. The highest BCUT2D eigenvalue weighted by Gasteiger charge is 2.34. The van der Waals surface area contributed by atoms with E-state index in [4.69, 9.17) is 9.47 Å². The van der Waals surface area contributed by atoms with Gasteiger partial charge in [-0.25, -0.2) is 0 Å². The Balaban J connectivity index is 1.79. The van der Waals surface area contributed by atoms with E-state index >= 15 is 0 Å². The maximum Gasteiger partial charge on any atom is 0.236 e. The zero-order chi connectivity index (χ0) is 18.7. The van der Waals surface area contributed by atoms with Gasteiger partial charge >= 0.3 is 0 Å². The van der Waals surface area contributed by atoms with Gasteiger partial charge in [-0.3, -0.25) is 4.79 Å². The molecule has 1 aliphatic heterocycles. The zero-order valence-corrected chi connectivity index (χ0v) is 16.3. The second kappa shape index (κ2) is 7.99. The molecule has 26 heavy (non-hydrogen) atoms. The van der Waals surface area contributed by atoms with Gasteiger partial charge in [0.15, 0.2) is 5.16 Å². The number of carbonyl (C=O) groups excluding carboxylic acids is 1. The summed E-state index contributed by atoms with van der Waals surface area (Å²) >= 11 is 1.43. The molecule has 0 saturated carbocycles. The first-order valence-corrected chi connectivity index (χ1v) is 9.46. The third-order valence-corrected chi connectivity index (χ3v) is 5.77. The first-order valence-electron chi connectivity index (χ1n) is 8.58. The van der Waals surface area contributed by atoms with Crippen LogP contribution in [0.25, 0.3) is 0 Å². The highest BCUT2D eigenvalue weighted by molar-refractivity contribution is 8.00. The van der Waals surface area contributed by atoms with E-state index in [1.54, 1.807) is 20.5 Å². The summed E-state index contributed by atoms with van der Waals surface area (Å²) in [5, 5.41) is 8.44. The van der Waals surface area contributed by atoms with E-state index < -0.39 is 0 Å². The summed E-state index contributed by atoms with van der Waals surface area (Å²) in [6.45, 7) is 2.67. The van der Waals surface area contributed by atoms with Crippen LogP contribution in [-0.4, -0.2) is 51.6 Å². The minimum atomic E-state index is -0.234. The van der Waals surface area contributed by atoms with Crippen molar-refractivity contribution in [1.82, 2.24) is 19.7 Å². The van der Waals surface area contributed by atoms with Crippen LogP contribution < -0.4 is 9.47 Å². The van der Waals surface area contributed by atoms with Crippen LogP contribution in [0, 0.1) is 0 Å². The Morgan fingerprint density at radius 1 is 1.35 bits per heavy atom. The predicted octanol–water partition coefficient (Wildman–Crippen LogP) is 2.68. The Kier molecular flexibility index (Phi) is 5.70. The Morgan fingerprint density at radius 3 is 2.81 bits per heavy atom. The van der Waals surface area contributed by atoms with Crippen molar-refractivity contribution in [2.75, 3.05) is 20.8 Å². The van der Waals surface area contributed by atoms with Crippen molar-refractivity contribution < 1.29 is 14.3 Å². The van der Waals surface area contributed by atoms with E-state index in [9.17, 15) is 4.79 Å². The fourth-order valence-electron chi connectivity index (χ4n) is 3.27. The quantitative estimate of drug-likeness (QED) is 0.722. The van der Waals surface area contributed by atoms with Gasteiger partial charge in [0.1, 0.15) is 17.8 Å². The van der Waals surface area contributed by atoms with Gasteiger partial charge in [-0.15, -0.1) is 10.2 Å². The smallest absolute Gasteiger partial charge is 0.236 e. The Bertz CT molecular complexity index is 780. The zero-order valence-electron chi connectivity index (χ0n) is 15.5. The van der Waals surface area contributed by atoms with Gasteiger partial charge in [0.25, 0.3) is 0 Å². The van der Waals surface area contributed by atoms with E-state index in [1.165, 1.54) is 11.8 Å². The molecule has 1 saturated heterocycles. The van der Waals surface area contributed by atoms with Crippen LogP contribution in [0.5, 0.6) is 11.5 Å². The van der Waals surface area contributed by atoms with Gasteiger partial charge in [0.05, 0.1) is 25.5 Å². The number of methoxy groups -OCH3 is 2. The molecule has 0 aliphatic carbocycles. The molecular formula is C18H24N4O3S. The Morgan fingerprint density at radius 2 is 2.15 bits per heavy atom. The Hall–Kier alpha value is -2.22. The lowest BCUT2D eigenvalue weighted by Crippen LogP contribution is -2.36. The summed E-state index contributed by atoms with van der Waals surface area (Å²) in [6, 6.07) is 5.80. The van der Waals surface area contributed by atoms with Crippen molar-refractivity contribution in [3.05, 3.63) is 30.1 Å². The number of thioether (sulfide) groups is 1. The summed E-state index contributed by atoms with van der Waals surface area (Å²) < 4.78 is 12.6. The highest BCUT2D eigenvalue weighted by atomic mass is 32.2. The summed E-state index contributed by atoms with van der Waals surface area (Å²) in [7, 11) is 5.15. The van der Waals surface area contributed by atoms with Crippen LogP contribution in [0.1, 0.15) is 31.4 Å². The van der Waals surface area contributed by atoms with Crippen LogP contribution in [0.4, 0.5) is 0 Å². The second-order valence-electron chi connectivity index (χ2n) is 6.28. The summed E-state index contributed by atoms with van der Waals surface area (Å²) in [5.74, 6) is 1.61. The molecule has 1 aliphatic rings. The molecule has 0 bridgehead atoms. The van der Waals surface area contributed by atoms with Crippen LogP contribution >= 0.6 is 11.8 Å².